The van der Waals surface area contributed by atoms with Crippen LogP contribution < -0.4 is 5.90 Å². The number of rotatable bonds is 3. The van der Waals surface area contributed by atoms with E-state index in [1.54, 1.807) is 0 Å². The summed E-state index contributed by atoms with van der Waals surface area (Å²) in [6.07, 6.45) is 0. The summed E-state index contributed by atoms with van der Waals surface area (Å²) in [6.45, 7) is -0.975. The number of carbonyl (C=O) groups excluding carboxylic acids is 1. The van der Waals surface area contributed by atoms with Crippen molar-refractivity contribution in [1.29, 1.82) is 0 Å². The normalized spacial score (nSPS) is 8.00. The van der Waals surface area contributed by atoms with Crippen LogP contribution in [0.25, 0.3) is 0 Å². The summed E-state index contributed by atoms with van der Waals surface area (Å²) in [6, 6.07) is 0. The average molecular weight is 169 g/mol. The first-order valence-electron chi connectivity index (χ1n) is 2.61. The molecule has 0 saturated carbocycles. The van der Waals surface area contributed by atoms with Crippen LogP contribution in [0.5, 0.6) is 0 Å². The molecule has 0 aliphatic rings. The van der Waals surface area contributed by atoms with Crippen molar-refractivity contribution in [3.05, 3.63) is 0 Å². The molecule has 0 spiro atoms. The Hall–Kier alpha value is -0.730. The summed E-state index contributed by atoms with van der Waals surface area (Å²) < 4.78 is 0. The fourth-order valence-electron chi connectivity index (χ4n) is 0.0800. The minimum atomic E-state index is -0.914. The number of aliphatic hydroxyl groups excluding tert-OH is 3. The quantitative estimate of drug-likeness (QED) is 0.268. The number of aliphatic hydroxyl groups is 3. The lowest BCUT2D eigenvalue weighted by Gasteiger charge is -1.90. The van der Waals surface area contributed by atoms with Gasteiger partial charge >= 0.3 is 5.97 Å². The minimum Gasteiger partial charge on any atom is -0.394 e. The molecule has 0 aromatic rings. The minimum absolute atomic E-state index is 0.125. The second-order valence-electron chi connectivity index (χ2n) is 1.16. The van der Waals surface area contributed by atoms with Crippen molar-refractivity contribution in [3.8, 4) is 0 Å². The molecule has 0 amide bonds. The van der Waals surface area contributed by atoms with Crippen LogP contribution in [0.3, 0.4) is 0 Å². The van der Waals surface area contributed by atoms with Gasteiger partial charge in [-0.15, -0.1) is 0 Å². The Morgan fingerprint density at radius 3 is 1.82 bits per heavy atom. The molecule has 7 heteroatoms. The summed E-state index contributed by atoms with van der Waals surface area (Å²) in [7, 11) is 0. The summed E-state index contributed by atoms with van der Waals surface area (Å²) in [5, 5.41) is 23.1. The molecule has 0 atom stereocenters. The highest BCUT2D eigenvalue weighted by atomic mass is 17.3. The molecular weight excluding hydrogens is 158 g/mol. The zero-order valence-corrected chi connectivity index (χ0v) is 5.77. The Morgan fingerprint density at radius 1 is 1.27 bits per heavy atom. The molecule has 0 radical (unpaired) electrons. The SMILES string of the molecule is NOOC(=O)CO.OCCO. The van der Waals surface area contributed by atoms with Crippen molar-refractivity contribution in [1.82, 2.24) is 0 Å². The Bertz CT molecular complexity index is 84.7. The molecule has 0 bridgehead atoms. The summed E-state index contributed by atoms with van der Waals surface area (Å²) in [5.74, 6) is 3.34. The summed E-state index contributed by atoms with van der Waals surface area (Å²) >= 11 is 0. The Balaban J connectivity index is 0. The Kier molecular flexibility index (Phi) is 14.1. The molecule has 0 heterocycles. The maximum Gasteiger partial charge on any atom is 0.369 e. The second-order valence-corrected chi connectivity index (χ2v) is 1.16. The Labute approximate surface area is 62.8 Å². The van der Waals surface area contributed by atoms with E-state index in [1.807, 2.05) is 0 Å². The molecule has 5 N–H and O–H groups in total. The number of hydrogen-bond donors (Lipinski definition) is 4. The smallest absolute Gasteiger partial charge is 0.369 e. The summed E-state index contributed by atoms with van der Waals surface area (Å²) in [4.78, 5) is 16.7. The van der Waals surface area contributed by atoms with E-state index in [0.29, 0.717) is 0 Å². The van der Waals surface area contributed by atoms with E-state index in [9.17, 15) is 4.79 Å². The van der Waals surface area contributed by atoms with Crippen LogP contribution in [0.4, 0.5) is 0 Å². The van der Waals surface area contributed by atoms with Crippen molar-refractivity contribution in [3.63, 3.8) is 0 Å². The van der Waals surface area contributed by atoms with Gasteiger partial charge in [-0.1, -0.05) is 4.99 Å². The molecule has 68 valence electrons. The van der Waals surface area contributed by atoms with Crippen LogP contribution in [0.1, 0.15) is 0 Å². The van der Waals surface area contributed by atoms with Crippen LogP contribution in [0, 0.1) is 0 Å². The molecule has 0 aliphatic carbocycles. The van der Waals surface area contributed by atoms with Gasteiger partial charge in [-0.3, -0.25) is 4.89 Å². The van der Waals surface area contributed by atoms with Crippen molar-refractivity contribution in [2.24, 2.45) is 5.90 Å². The van der Waals surface area contributed by atoms with Gasteiger partial charge in [0.05, 0.1) is 13.2 Å². The zero-order chi connectivity index (χ0) is 9.11. The van der Waals surface area contributed by atoms with E-state index < -0.39 is 12.6 Å². The molecule has 0 fully saturated rings. The third-order valence-electron chi connectivity index (χ3n) is 0.370. The van der Waals surface area contributed by atoms with Gasteiger partial charge in [0, 0.05) is 0 Å². The van der Waals surface area contributed by atoms with Gasteiger partial charge in [0.25, 0.3) is 0 Å². The Morgan fingerprint density at radius 2 is 1.73 bits per heavy atom. The lowest BCUT2D eigenvalue weighted by Crippen LogP contribution is -2.12. The van der Waals surface area contributed by atoms with E-state index in [1.165, 1.54) is 0 Å². The first-order chi connectivity index (χ1) is 5.22. The van der Waals surface area contributed by atoms with E-state index in [4.69, 9.17) is 15.3 Å². The monoisotopic (exact) mass is 169 g/mol. The van der Waals surface area contributed by atoms with Gasteiger partial charge in [-0.2, -0.15) is 5.90 Å². The van der Waals surface area contributed by atoms with Crippen LogP contribution >= 0.6 is 0 Å². The molecule has 0 aromatic carbocycles. The van der Waals surface area contributed by atoms with Crippen molar-refractivity contribution in [2.45, 2.75) is 0 Å². The van der Waals surface area contributed by atoms with E-state index in [2.05, 4.69) is 15.8 Å². The van der Waals surface area contributed by atoms with Crippen molar-refractivity contribution in [2.75, 3.05) is 19.8 Å². The standard InChI is InChI=1S/C2H5NO4.C2H6O2/c3-7-6-2(5)1-4;3-1-2-4/h4H,1,3H2;3-4H,1-2H2. The van der Waals surface area contributed by atoms with E-state index in [0.717, 1.165) is 0 Å². The predicted octanol–water partition coefficient (Wildman–Crippen LogP) is -2.70. The fourth-order valence-corrected chi connectivity index (χ4v) is 0.0800. The molecule has 0 saturated heterocycles. The van der Waals surface area contributed by atoms with Crippen LogP contribution in [0.15, 0.2) is 0 Å². The molecule has 7 nitrogen and oxygen atoms in total. The molecule has 0 unspecified atom stereocenters. The lowest BCUT2D eigenvalue weighted by atomic mass is 10.8. The number of hydrogen-bond acceptors (Lipinski definition) is 7. The molecular formula is C4H11NO6. The van der Waals surface area contributed by atoms with E-state index in [-0.39, 0.29) is 13.2 Å². The average Bonchev–Trinajstić information content (AvgIpc) is 2.05. The fraction of sp³-hybridized carbons (Fsp3) is 0.750. The van der Waals surface area contributed by atoms with Crippen molar-refractivity contribution >= 4 is 5.97 Å². The zero-order valence-electron chi connectivity index (χ0n) is 5.77. The maximum absolute atomic E-state index is 9.73. The predicted molar refractivity (Wildman–Crippen MR) is 32.6 cm³/mol. The largest absolute Gasteiger partial charge is 0.394 e. The third kappa shape index (κ3) is 17.6. The highest BCUT2D eigenvalue weighted by Crippen LogP contribution is 1.69. The van der Waals surface area contributed by atoms with Gasteiger partial charge in [0.15, 0.2) is 0 Å². The topological polar surface area (TPSA) is 122 Å². The third-order valence-corrected chi connectivity index (χ3v) is 0.370. The van der Waals surface area contributed by atoms with Crippen LogP contribution in [-0.4, -0.2) is 41.1 Å². The second kappa shape index (κ2) is 12.0. The number of carbonyl (C=O) groups is 1. The highest BCUT2D eigenvalue weighted by molar-refractivity contribution is 5.69. The van der Waals surface area contributed by atoms with Gasteiger partial charge in [-0.05, 0) is 0 Å². The van der Waals surface area contributed by atoms with Crippen molar-refractivity contribution < 1.29 is 30.0 Å². The molecule has 0 aliphatic heterocycles. The first-order valence-corrected chi connectivity index (χ1v) is 2.61. The molecule has 11 heavy (non-hydrogen) atoms. The summed E-state index contributed by atoms with van der Waals surface area (Å²) in [5.41, 5.74) is 0. The first kappa shape index (κ1) is 12.9. The number of nitrogens with two attached hydrogens (primary N) is 1. The van der Waals surface area contributed by atoms with Gasteiger partial charge in [0.2, 0.25) is 0 Å². The maximum atomic E-state index is 9.73. The molecule has 0 aromatic heterocycles. The van der Waals surface area contributed by atoms with Gasteiger partial charge < -0.3 is 15.3 Å². The van der Waals surface area contributed by atoms with Crippen LogP contribution in [0.2, 0.25) is 0 Å². The van der Waals surface area contributed by atoms with Crippen LogP contribution in [-0.2, 0) is 14.7 Å². The lowest BCUT2D eigenvalue weighted by molar-refractivity contribution is -0.277. The van der Waals surface area contributed by atoms with Gasteiger partial charge in [0.1, 0.15) is 6.61 Å². The highest BCUT2D eigenvalue weighted by Gasteiger charge is 1.95. The van der Waals surface area contributed by atoms with E-state index >= 15 is 0 Å². The molecule has 0 rings (SSSR count). The van der Waals surface area contributed by atoms with Gasteiger partial charge in [-0.25, -0.2) is 4.79 Å².